The van der Waals surface area contributed by atoms with Crippen LogP contribution in [0.25, 0.3) is 0 Å². The molecule has 158 valence electrons. The molecule has 2 fully saturated rings. The molecule has 1 saturated carbocycles. The summed E-state index contributed by atoms with van der Waals surface area (Å²) in [4.78, 5) is 30.3. The van der Waals surface area contributed by atoms with E-state index in [1.165, 1.54) is 4.90 Å². The molecule has 0 aromatic heterocycles. The Balaban J connectivity index is 1.74. The number of fused-ring (bicyclic) bond motifs is 1. The molecular formula is C24H28N2O4. The van der Waals surface area contributed by atoms with Gasteiger partial charge in [0, 0.05) is 26.8 Å². The molecule has 0 N–H and O–H groups in total. The third-order valence-electron chi connectivity index (χ3n) is 6.44. The van der Waals surface area contributed by atoms with Crippen LogP contribution in [0.4, 0.5) is 10.5 Å². The Morgan fingerprint density at radius 1 is 0.900 bits per heavy atom. The second-order valence-corrected chi connectivity index (χ2v) is 8.04. The fraction of sp³-hybridized carbons (Fsp3) is 0.417. The van der Waals surface area contributed by atoms with Crippen LogP contribution < -0.4 is 4.90 Å². The quantitative estimate of drug-likeness (QED) is 0.756. The number of imide groups is 1. The highest BCUT2D eigenvalue weighted by atomic mass is 16.5. The Hall–Kier alpha value is -2.70. The first-order valence-electron chi connectivity index (χ1n) is 10.3. The predicted octanol–water partition coefficient (Wildman–Crippen LogP) is 3.77. The van der Waals surface area contributed by atoms with E-state index < -0.39 is 0 Å². The summed E-state index contributed by atoms with van der Waals surface area (Å²) in [6, 6.07) is 16.7. The van der Waals surface area contributed by atoms with Gasteiger partial charge in [-0.05, 0) is 43.0 Å². The van der Waals surface area contributed by atoms with Crippen molar-refractivity contribution in [3.05, 3.63) is 65.7 Å². The van der Waals surface area contributed by atoms with E-state index in [0.717, 1.165) is 11.1 Å². The Morgan fingerprint density at radius 2 is 1.53 bits per heavy atom. The largest absolute Gasteiger partial charge is 0.379 e. The molecule has 3 amide bonds. The molecule has 2 aliphatic rings. The van der Waals surface area contributed by atoms with Crippen molar-refractivity contribution < 1.29 is 19.1 Å². The molecule has 6 nitrogen and oxygen atoms in total. The molecule has 0 spiro atoms. The van der Waals surface area contributed by atoms with Crippen molar-refractivity contribution in [3.63, 3.8) is 0 Å². The number of hydrogen-bond donors (Lipinski definition) is 0. The molecule has 4 unspecified atom stereocenters. The van der Waals surface area contributed by atoms with Crippen LogP contribution in [0.2, 0.25) is 0 Å². The summed E-state index contributed by atoms with van der Waals surface area (Å²) in [6.45, 7) is 2.50. The van der Waals surface area contributed by atoms with E-state index in [1.807, 2.05) is 54.3 Å². The summed E-state index contributed by atoms with van der Waals surface area (Å²) in [7, 11) is 3.31. The molecule has 4 rings (SSSR count). The highest BCUT2D eigenvalue weighted by Crippen LogP contribution is 2.39. The summed E-state index contributed by atoms with van der Waals surface area (Å²) in [5.41, 5.74) is 2.80. The number of aryl methyl sites for hydroxylation is 1. The summed E-state index contributed by atoms with van der Waals surface area (Å²) in [5.74, 6) is -0.489. The number of benzene rings is 2. The minimum atomic E-state index is -0.330. The Kier molecular flexibility index (Phi) is 5.88. The van der Waals surface area contributed by atoms with Crippen molar-refractivity contribution in [1.29, 1.82) is 0 Å². The van der Waals surface area contributed by atoms with Gasteiger partial charge in [0.2, 0.25) is 5.91 Å². The first-order valence-corrected chi connectivity index (χ1v) is 10.3. The zero-order valence-corrected chi connectivity index (χ0v) is 17.7. The Labute approximate surface area is 177 Å². The highest BCUT2D eigenvalue weighted by molar-refractivity contribution is 6.17. The molecule has 1 aliphatic heterocycles. The number of ether oxygens (including phenoxy) is 2. The molecule has 2 aromatic carbocycles. The molecule has 6 heteroatoms. The zero-order chi connectivity index (χ0) is 21.3. The van der Waals surface area contributed by atoms with Crippen LogP contribution in [0.5, 0.6) is 0 Å². The van der Waals surface area contributed by atoms with Crippen LogP contribution in [-0.2, 0) is 20.8 Å². The maximum absolute atomic E-state index is 13.6. The van der Waals surface area contributed by atoms with E-state index in [2.05, 4.69) is 0 Å². The van der Waals surface area contributed by atoms with Crippen LogP contribution in [0.3, 0.4) is 0 Å². The molecule has 2 aromatic rings. The van der Waals surface area contributed by atoms with Crippen molar-refractivity contribution in [2.75, 3.05) is 19.1 Å². The minimum Gasteiger partial charge on any atom is -0.379 e. The zero-order valence-electron chi connectivity index (χ0n) is 17.7. The number of para-hydroxylation sites is 1. The smallest absolute Gasteiger partial charge is 0.331 e. The number of anilines is 1. The van der Waals surface area contributed by atoms with Crippen LogP contribution in [0.15, 0.2) is 54.6 Å². The number of urea groups is 1. The average molecular weight is 408 g/mol. The van der Waals surface area contributed by atoms with Gasteiger partial charge < -0.3 is 14.4 Å². The van der Waals surface area contributed by atoms with Gasteiger partial charge in [0.1, 0.15) is 0 Å². The summed E-state index contributed by atoms with van der Waals surface area (Å²) < 4.78 is 11.3. The second-order valence-electron chi connectivity index (χ2n) is 8.04. The Morgan fingerprint density at radius 3 is 2.20 bits per heavy atom. The van der Waals surface area contributed by atoms with Gasteiger partial charge in [-0.1, -0.05) is 42.5 Å². The first kappa shape index (κ1) is 20.6. The topological polar surface area (TPSA) is 59.1 Å². The molecule has 1 aliphatic carbocycles. The van der Waals surface area contributed by atoms with Crippen LogP contribution in [-0.4, -0.2) is 49.3 Å². The molecule has 1 heterocycles. The average Bonchev–Trinajstić information content (AvgIpc) is 2.77. The summed E-state index contributed by atoms with van der Waals surface area (Å²) in [6.07, 6.45) is 0.774. The molecule has 4 atom stereocenters. The number of hydrogen-bond acceptors (Lipinski definition) is 4. The number of carbonyl (C=O) groups is 2. The van der Waals surface area contributed by atoms with Crippen molar-refractivity contribution in [1.82, 2.24) is 4.90 Å². The van der Waals surface area contributed by atoms with Crippen LogP contribution in [0.1, 0.15) is 24.0 Å². The van der Waals surface area contributed by atoms with Gasteiger partial charge in [-0.15, -0.1) is 0 Å². The lowest BCUT2D eigenvalue weighted by Gasteiger charge is -2.50. The maximum Gasteiger partial charge on any atom is 0.331 e. The van der Waals surface area contributed by atoms with Crippen molar-refractivity contribution in [2.45, 2.75) is 44.6 Å². The van der Waals surface area contributed by atoms with E-state index in [0.29, 0.717) is 25.1 Å². The standard InChI is InChI=1S/C24H28N2O4/c1-16-9-7-8-10-17(16)15-25-20-14-22(30-3)21(29-2)13-19(20)23(27)26(24(25)28)18-11-5-4-6-12-18/h4-12,19-22H,13-15H2,1-3H3. The van der Waals surface area contributed by atoms with Gasteiger partial charge in [0.25, 0.3) is 0 Å². The molecular weight excluding hydrogens is 380 g/mol. The van der Waals surface area contributed by atoms with Gasteiger partial charge in [-0.25, -0.2) is 9.69 Å². The monoisotopic (exact) mass is 408 g/mol. The predicted molar refractivity (Wildman–Crippen MR) is 114 cm³/mol. The third kappa shape index (κ3) is 3.61. The summed E-state index contributed by atoms with van der Waals surface area (Å²) >= 11 is 0. The minimum absolute atomic E-state index is 0.153. The van der Waals surface area contributed by atoms with Crippen molar-refractivity contribution in [3.8, 4) is 0 Å². The fourth-order valence-corrected chi connectivity index (χ4v) is 4.72. The first-order chi connectivity index (χ1) is 14.5. The van der Waals surface area contributed by atoms with E-state index >= 15 is 0 Å². The normalized spacial score (nSPS) is 26.6. The van der Waals surface area contributed by atoms with Gasteiger partial charge in [0.15, 0.2) is 0 Å². The summed E-state index contributed by atoms with van der Waals surface area (Å²) in [5, 5.41) is 0. The maximum atomic E-state index is 13.6. The molecule has 30 heavy (non-hydrogen) atoms. The number of rotatable bonds is 5. The number of carbonyl (C=O) groups excluding carboxylic acids is 2. The third-order valence-corrected chi connectivity index (χ3v) is 6.44. The molecule has 0 radical (unpaired) electrons. The lowest BCUT2D eigenvalue weighted by Crippen LogP contribution is -2.65. The van der Waals surface area contributed by atoms with Gasteiger partial charge in [-0.2, -0.15) is 0 Å². The van der Waals surface area contributed by atoms with Gasteiger partial charge in [-0.3, -0.25) is 4.79 Å². The second kappa shape index (κ2) is 8.58. The van der Waals surface area contributed by atoms with E-state index in [-0.39, 0.29) is 36.1 Å². The lowest BCUT2D eigenvalue weighted by molar-refractivity contribution is -0.137. The number of methoxy groups -OCH3 is 2. The van der Waals surface area contributed by atoms with Crippen molar-refractivity contribution in [2.24, 2.45) is 5.92 Å². The van der Waals surface area contributed by atoms with Gasteiger partial charge in [0.05, 0.1) is 23.8 Å². The van der Waals surface area contributed by atoms with Crippen LogP contribution >= 0.6 is 0 Å². The highest BCUT2D eigenvalue weighted by Gasteiger charge is 2.52. The van der Waals surface area contributed by atoms with E-state index in [4.69, 9.17) is 9.47 Å². The SMILES string of the molecule is COC1CC2C(=O)N(c3ccccc3)C(=O)N(Cc3ccccc3C)C2CC1OC. The van der Waals surface area contributed by atoms with E-state index in [9.17, 15) is 9.59 Å². The van der Waals surface area contributed by atoms with Crippen molar-refractivity contribution >= 4 is 17.6 Å². The molecule has 0 bridgehead atoms. The number of amides is 3. The van der Waals surface area contributed by atoms with Crippen LogP contribution in [0, 0.1) is 12.8 Å². The van der Waals surface area contributed by atoms with Gasteiger partial charge >= 0.3 is 6.03 Å². The van der Waals surface area contributed by atoms with E-state index in [1.54, 1.807) is 26.4 Å². The Bertz CT molecular complexity index is 916. The number of nitrogens with zero attached hydrogens (tertiary/aromatic N) is 2. The lowest BCUT2D eigenvalue weighted by atomic mass is 9.77. The molecule has 1 saturated heterocycles. The fourth-order valence-electron chi connectivity index (χ4n) is 4.72.